The summed E-state index contributed by atoms with van der Waals surface area (Å²) >= 11 is 0. The van der Waals surface area contributed by atoms with Crippen LogP contribution in [0.4, 0.5) is 23.2 Å². The van der Waals surface area contributed by atoms with Crippen LogP contribution < -0.4 is 5.32 Å². The van der Waals surface area contributed by atoms with Crippen LogP contribution in [0.2, 0.25) is 0 Å². The van der Waals surface area contributed by atoms with Crippen molar-refractivity contribution in [1.82, 2.24) is 4.98 Å². The molecule has 0 bridgehead atoms. The van der Waals surface area contributed by atoms with E-state index in [0.717, 1.165) is 16.8 Å². The van der Waals surface area contributed by atoms with E-state index in [-0.39, 0.29) is 11.1 Å². The van der Waals surface area contributed by atoms with Gasteiger partial charge in [-0.1, -0.05) is 24.8 Å². The summed E-state index contributed by atoms with van der Waals surface area (Å²) in [6, 6.07) is 9.18. The molecule has 1 aromatic heterocycles. The van der Waals surface area contributed by atoms with Crippen LogP contribution in [0.1, 0.15) is 11.1 Å². The van der Waals surface area contributed by atoms with Gasteiger partial charge in [0.25, 0.3) is 5.91 Å². The van der Waals surface area contributed by atoms with Crippen LogP contribution in [0.5, 0.6) is 0 Å². The quantitative estimate of drug-likeness (QED) is 0.525. The van der Waals surface area contributed by atoms with Crippen molar-refractivity contribution in [1.29, 1.82) is 0 Å². The van der Waals surface area contributed by atoms with E-state index in [1.165, 1.54) is 0 Å². The normalized spacial score (nSPS) is 11.4. The molecule has 0 fully saturated rings. The molecule has 132 valence electrons. The van der Waals surface area contributed by atoms with E-state index < -0.39 is 23.5 Å². The number of anilines is 1. The van der Waals surface area contributed by atoms with Crippen LogP contribution in [0.15, 0.2) is 61.4 Å². The largest absolute Gasteiger partial charge is 0.419 e. The maximum Gasteiger partial charge on any atom is 0.419 e. The molecule has 0 saturated carbocycles. The van der Waals surface area contributed by atoms with E-state index in [1.54, 1.807) is 30.6 Å². The summed E-state index contributed by atoms with van der Waals surface area (Å²) in [5.74, 6) is -2.10. The van der Waals surface area contributed by atoms with Crippen LogP contribution in [0, 0.1) is 5.82 Å². The first-order valence-electron chi connectivity index (χ1n) is 7.47. The van der Waals surface area contributed by atoms with Crippen molar-refractivity contribution in [2.24, 2.45) is 0 Å². The number of nitrogens with zero attached hydrogens (tertiary/aromatic N) is 1. The Morgan fingerprint density at radius 2 is 1.88 bits per heavy atom. The molecule has 3 nitrogen and oxygen atoms in total. The van der Waals surface area contributed by atoms with E-state index in [4.69, 9.17) is 0 Å². The third kappa shape index (κ3) is 3.42. The average Bonchev–Trinajstić information content (AvgIpc) is 2.60. The van der Waals surface area contributed by atoms with Crippen LogP contribution >= 0.6 is 0 Å². The van der Waals surface area contributed by atoms with Gasteiger partial charge in [0, 0.05) is 34.4 Å². The topological polar surface area (TPSA) is 42.0 Å². The van der Waals surface area contributed by atoms with E-state index in [9.17, 15) is 22.4 Å². The third-order valence-electron chi connectivity index (χ3n) is 3.83. The number of hydrogen-bond donors (Lipinski definition) is 1. The van der Waals surface area contributed by atoms with E-state index in [0.29, 0.717) is 17.8 Å². The number of fused-ring (bicyclic) bond motifs is 1. The minimum absolute atomic E-state index is 0.0325. The lowest BCUT2D eigenvalue weighted by atomic mass is 10.0. The molecular formula is C19H12F4N2O. The number of carbonyl (C=O) groups excluding carboxylic acids is 1. The number of benzene rings is 2. The SMILES string of the molecule is C=C(C(=O)Nc1cccc2cnccc12)c1ccc(C(F)(F)F)c(F)c1. The van der Waals surface area contributed by atoms with Gasteiger partial charge in [-0.05, 0) is 29.8 Å². The van der Waals surface area contributed by atoms with Crippen molar-refractivity contribution in [3.63, 3.8) is 0 Å². The Balaban J connectivity index is 1.86. The summed E-state index contributed by atoms with van der Waals surface area (Å²) in [4.78, 5) is 16.4. The number of alkyl halides is 3. The highest BCUT2D eigenvalue weighted by atomic mass is 19.4. The van der Waals surface area contributed by atoms with Gasteiger partial charge in [-0.2, -0.15) is 13.2 Å². The Morgan fingerprint density at radius 3 is 2.58 bits per heavy atom. The molecule has 0 spiro atoms. The average molecular weight is 360 g/mol. The second-order valence-corrected chi connectivity index (χ2v) is 5.53. The molecule has 0 aliphatic carbocycles. The zero-order valence-corrected chi connectivity index (χ0v) is 13.3. The lowest BCUT2D eigenvalue weighted by Crippen LogP contribution is -2.14. The molecule has 0 atom stereocenters. The number of pyridine rings is 1. The number of amides is 1. The van der Waals surface area contributed by atoms with Crippen LogP contribution in [-0.4, -0.2) is 10.9 Å². The van der Waals surface area contributed by atoms with Gasteiger partial charge in [-0.15, -0.1) is 0 Å². The fourth-order valence-corrected chi connectivity index (χ4v) is 2.49. The van der Waals surface area contributed by atoms with Crippen molar-refractivity contribution in [3.8, 4) is 0 Å². The minimum atomic E-state index is -4.80. The predicted molar refractivity (Wildman–Crippen MR) is 90.8 cm³/mol. The molecule has 3 rings (SSSR count). The highest BCUT2D eigenvalue weighted by molar-refractivity contribution is 6.25. The summed E-state index contributed by atoms with van der Waals surface area (Å²) in [7, 11) is 0. The Bertz CT molecular complexity index is 1010. The van der Waals surface area contributed by atoms with E-state index in [2.05, 4.69) is 16.9 Å². The lowest BCUT2D eigenvalue weighted by Gasteiger charge is -2.12. The molecular weight excluding hydrogens is 348 g/mol. The van der Waals surface area contributed by atoms with Crippen molar-refractivity contribution in [2.45, 2.75) is 6.18 Å². The molecule has 7 heteroatoms. The molecule has 0 unspecified atom stereocenters. The first kappa shape index (κ1) is 17.6. The van der Waals surface area contributed by atoms with Crippen molar-refractivity contribution < 1.29 is 22.4 Å². The zero-order valence-electron chi connectivity index (χ0n) is 13.3. The third-order valence-corrected chi connectivity index (χ3v) is 3.83. The molecule has 1 amide bonds. The minimum Gasteiger partial charge on any atom is -0.321 e. The molecule has 3 aromatic rings. The highest BCUT2D eigenvalue weighted by Gasteiger charge is 2.34. The maximum absolute atomic E-state index is 13.7. The van der Waals surface area contributed by atoms with Gasteiger partial charge in [0.2, 0.25) is 0 Å². The molecule has 0 radical (unpaired) electrons. The monoisotopic (exact) mass is 360 g/mol. The second-order valence-electron chi connectivity index (χ2n) is 5.53. The molecule has 0 saturated heterocycles. The van der Waals surface area contributed by atoms with Crippen LogP contribution in [0.25, 0.3) is 16.3 Å². The molecule has 0 aliphatic rings. The summed E-state index contributed by atoms with van der Waals surface area (Å²) in [5, 5.41) is 4.18. The smallest absolute Gasteiger partial charge is 0.321 e. The van der Waals surface area contributed by atoms with Gasteiger partial charge in [-0.25, -0.2) is 4.39 Å². The van der Waals surface area contributed by atoms with Gasteiger partial charge >= 0.3 is 6.18 Å². The maximum atomic E-state index is 13.7. The number of nitrogens with one attached hydrogen (secondary N) is 1. The molecule has 1 heterocycles. The zero-order chi connectivity index (χ0) is 18.9. The number of halogens is 4. The Hall–Kier alpha value is -3.22. The van der Waals surface area contributed by atoms with Crippen LogP contribution in [0.3, 0.4) is 0 Å². The first-order chi connectivity index (χ1) is 12.3. The summed E-state index contributed by atoms with van der Waals surface area (Å²) in [5.41, 5.74) is -1.09. The van der Waals surface area contributed by atoms with Gasteiger partial charge in [0.15, 0.2) is 0 Å². The molecule has 1 N–H and O–H groups in total. The van der Waals surface area contributed by atoms with E-state index >= 15 is 0 Å². The van der Waals surface area contributed by atoms with Crippen LogP contribution in [-0.2, 0) is 11.0 Å². The van der Waals surface area contributed by atoms with E-state index in [1.807, 2.05) is 6.07 Å². The molecule has 2 aromatic carbocycles. The van der Waals surface area contributed by atoms with Gasteiger partial charge < -0.3 is 5.32 Å². The highest BCUT2D eigenvalue weighted by Crippen LogP contribution is 2.32. The van der Waals surface area contributed by atoms with Crippen molar-refractivity contribution >= 4 is 27.9 Å². The van der Waals surface area contributed by atoms with Crippen molar-refractivity contribution in [3.05, 3.63) is 78.4 Å². The van der Waals surface area contributed by atoms with Gasteiger partial charge in [-0.3, -0.25) is 9.78 Å². The summed E-state index contributed by atoms with van der Waals surface area (Å²) in [6.07, 6.45) is -1.60. The molecule has 26 heavy (non-hydrogen) atoms. The summed E-state index contributed by atoms with van der Waals surface area (Å²) in [6.45, 7) is 3.56. The Labute approximate surface area is 146 Å². The fraction of sp³-hybridized carbons (Fsp3) is 0.0526. The standard InChI is InChI=1S/C19H12F4N2O/c1-11(12-5-6-15(16(20)9-12)19(21,22)23)18(26)25-17-4-2-3-13-10-24-8-7-14(13)17/h2-10H,1H2,(H,25,26). The Morgan fingerprint density at radius 1 is 1.12 bits per heavy atom. The predicted octanol–water partition coefficient (Wildman–Crippen LogP) is 5.04. The fourth-order valence-electron chi connectivity index (χ4n) is 2.49. The van der Waals surface area contributed by atoms with Gasteiger partial charge in [0.1, 0.15) is 5.82 Å². The number of rotatable bonds is 3. The Kier molecular flexibility index (Phi) is 4.46. The first-order valence-corrected chi connectivity index (χ1v) is 7.47. The number of carbonyl (C=O) groups is 1. The lowest BCUT2D eigenvalue weighted by molar-refractivity contribution is -0.140. The second kappa shape index (κ2) is 6.59. The number of aromatic nitrogens is 1. The molecule has 0 aliphatic heterocycles. The van der Waals surface area contributed by atoms with Gasteiger partial charge in [0.05, 0.1) is 5.56 Å². The van der Waals surface area contributed by atoms with Crippen molar-refractivity contribution in [2.75, 3.05) is 5.32 Å². The number of hydrogen-bond acceptors (Lipinski definition) is 2. The summed E-state index contributed by atoms with van der Waals surface area (Å²) < 4.78 is 51.6.